The van der Waals surface area contributed by atoms with Crippen LogP contribution in [0.15, 0.2) is 42.7 Å². The number of aromatic nitrogens is 2. The van der Waals surface area contributed by atoms with E-state index in [1.807, 2.05) is 23.1 Å². The summed E-state index contributed by atoms with van der Waals surface area (Å²) in [5.74, 6) is -0.0128. The van der Waals surface area contributed by atoms with Gasteiger partial charge >= 0.3 is 0 Å². The quantitative estimate of drug-likeness (QED) is 0.632. The SMILES string of the molecule is CCCc1[nH]c2ccc(C(=O)NC3CCN(C(=O)c4ccncc4)CC3)cc2c1CC. The normalized spacial score (nSPS) is 14.7. The standard InChI is InChI=1S/C25H30N4O2/c1-3-5-22-20(4-2)21-16-18(6-7-23(21)28-22)24(30)27-19-10-14-29(15-11-19)25(31)17-8-12-26-13-9-17/h6-9,12-13,16,19,28H,3-5,10-11,14-15H2,1-2H3,(H,27,30). The fraction of sp³-hybridized carbons (Fsp3) is 0.400. The minimum Gasteiger partial charge on any atom is -0.358 e. The smallest absolute Gasteiger partial charge is 0.253 e. The molecule has 0 bridgehead atoms. The van der Waals surface area contributed by atoms with Crippen LogP contribution in [0.25, 0.3) is 10.9 Å². The van der Waals surface area contributed by atoms with Crippen LogP contribution in [0.1, 0.15) is 65.1 Å². The van der Waals surface area contributed by atoms with Gasteiger partial charge in [0.05, 0.1) is 0 Å². The van der Waals surface area contributed by atoms with Crippen molar-refractivity contribution in [3.05, 3.63) is 65.1 Å². The Balaban J connectivity index is 1.40. The number of likely N-dealkylation sites (tertiary alicyclic amines) is 1. The minimum atomic E-state index is -0.0406. The number of H-pyrrole nitrogens is 1. The van der Waals surface area contributed by atoms with Crippen molar-refractivity contribution in [1.82, 2.24) is 20.2 Å². The van der Waals surface area contributed by atoms with E-state index in [2.05, 4.69) is 29.1 Å². The lowest BCUT2D eigenvalue weighted by atomic mass is 10.0. The lowest BCUT2D eigenvalue weighted by Gasteiger charge is -2.32. The number of nitrogens with zero attached hydrogens (tertiary/aromatic N) is 2. The summed E-state index contributed by atoms with van der Waals surface area (Å²) < 4.78 is 0. The van der Waals surface area contributed by atoms with Gasteiger partial charge in [-0.1, -0.05) is 20.3 Å². The Kier molecular flexibility index (Phi) is 6.35. The molecule has 1 saturated heterocycles. The Bertz CT molecular complexity index is 1070. The molecule has 3 heterocycles. The second-order valence-electron chi connectivity index (χ2n) is 8.22. The summed E-state index contributed by atoms with van der Waals surface area (Å²) >= 11 is 0. The van der Waals surface area contributed by atoms with Crippen LogP contribution < -0.4 is 5.32 Å². The number of hydrogen-bond donors (Lipinski definition) is 2. The summed E-state index contributed by atoms with van der Waals surface area (Å²) in [6.45, 7) is 5.63. The van der Waals surface area contributed by atoms with Crippen LogP contribution >= 0.6 is 0 Å². The molecule has 1 aromatic carbocycles. The summed E-state index contributed by atoms with van der Waals surface area (Å²) in [5, 5.41) is 4.32. The van der Waals surface area contributed by atoms with Gasteiger partial charge in [0.25, 0.3) is 11.8 Å². The fourth-order valence-corrected chi connectivity index (χ4v) is 4.48. The lowest BCUT2D eigenvalue weighted by Crippen LogP contribution is -2.46. The molecule has 1 fully saturated rings. The van der Waals surface area contributed by atoms with Gasteiger partial charge in [0.1, 0.15) is 0 Å². The van der Waals surface area contributed by atoms with Crippen molar-refractivity contribution in [2.75, 3.05) is 13.1 Å². The Morgan fingerprint density at radius 1 is 1.10 bits per heavy atom. The van der Waals surface area contributed by atoms with E-state index in [0.717, 1.165) is 43.0 Å². The van der Waals surface area contributed by atoms with Gasteiger partial charge in [0, 0.05) is 59.2 Å². The van der Waals surface area contributed by atoms with Crippen molar-refractivity contribution in [1.29, 1.82) is 0 Å². The number of hydrogen-bond acceptors (Lipinski definition) is 3. The zero-order valence-electron chi connectivity index (χ0n) is 18.3. The van der Waals surface area contributed by atoms with E-state index in [9.17, 15) is 9.59 Å². The maximum absolute atomic E-state index is 12.9. The zero-order valence-corrected chi connectivity index (χ0v) is 18.3. The van der Waals surface area contributed by atoms with Crippen LogP contribution in [-0.2, 0) is 12.8 Å². The maximum Gasteiger partial charge on any atom is 0.253 e. The number of carbonyl (C=O) groups excluding carboxylic acids is 2. The molecule has 0 radical (unpaired) electrons. The van der Waals surface area contributed by atoms with Crippen LogP contribution in [0.3, 0.4) is 0 Å². The number of rotatable bonds is 6. The number of benzene rings is 1. The number of nitrogens with one attached hydrogen (secondary N) is 2. The zero-order chi connectivity index (χ0) is 21.8. The molecule has 162 valence electrons. The number of amides is 2. The van der Waals surface area contributed by atoms with Gasteiger partial charge in [-0.2, -0.15) is 0 Å². The monoisotopic (exact) mass is 418 g/mol. The lowest BCUT2D eigenvalue weighted by molar-refractivity contribution is 0.0698. The molecule has 2 amide bonds. The van der Waals surface area contributed by atoms with E-state index in [1.54, 1.807) is 24.5 Å². The van der Waals surface area contributed by atoms with Crippen LogP contribution in [0.2, 0.25) is 0 Å². The molecule has 4 rings (SSSR count). The highest BCUT2D eigenvalue weighted by molar-refractivity contribution is 5.99. The number of fused-ring (bicyclic) bond motifs is 1. The first-order valence-corrected chi connectivity index (χ1v) is 11.2. The number of carbonyl (C=O) groups is 2. The van der Waals surface area contributed by atoms with Crippen molar-refractivity contribution in [3.63, 3.8) is 0 Å². The second-order valence-corrected chi connectivity index (χ2v) is 8.22. The van der Waals surface area contributed by atoms with E-state index in [1.165, 1.54) is 11.3 Å². The molecule has 0 aliphatic carbocycles. The molecule has 0 unspecified atom stereocenters. The first-order valence-electron chi connectivity index (χ1n) is 11.2. The summed E-state index contributed by atoms with van der Waals surface area (Å²) in [6.07, 6.45) is 7.86. The van der Waals surface area contributed by atoms with E-state index in [0.29, 0.717) is 24.2 Å². The predicted molar refractivity (Wildman–Crippen MR) is 122 cm³/mol. The average molecular weight is 419 g/mol. The third kappa shape index (κ3) is 4.48. The average Bonchev–Trinajstić information content (AvgIpc) is 3.16. The molecule has 2 N–H and O–H groups in total. The van der Waals surface area contributed by atoms with Crippen molar-refractivity contribution < 1.29 is 9.59 Å². The highest BCUT2D eigenvalue weighted by atomic mass is 16.2. The van der Waals surface area contributed by atoms with Gasteiger partial charge in [-0.3, -0.25) is 14.6 Å². The Morgan fingerprint density at radius 3 is 2.52 bits per heavy atom. The maximum atomic E-state index is 12.9. The van der Waals surface area contributed by atoms with E-state index in [4.69, 9.17) is 0 Å². The highest BCUT2D eigenvalue weighted by Crippen LogP contribution is 2.25. The molecule has 2 aromatic heterocycles. The summed E-state index contributed by atoms with van der Waals surface area (Å²) in [4.78, 5) is 34.8. The molecule has 1 aliphatic heterocycles. The fourth-order valence-electron chi connectivity index (χ4n) is 4.48. The molecule has 6 heteroatoms. The molecular formula is C25H30N4O2. The van der Waals surface area contributed by atoms with E-state index in [-0.39, 0.29) is 17.9 Å². The summed E-state index contributed by atoms with van der Waals surface area (Å²) in [7, 11) is 0. The van der Waals surface area contributed by atoms with Crippen molar-refractivity contribution in [2.24, 2.45) is 0 Å². The van der Waals surface area contributed by atoms with E-state index < -0.39 is 0 Å². The van der Waals surface area contributed by atoms with Crippen LogP contribution in [-0.4, -0.2) is 45.8 Å². The van der Waals surface area contributed by atoms with Crippen LogP contribution in [0.5, 0.6) is 0 Å². The second kappa shape index (κ2) is 9.33. The molecule has 0 atom stereocenters. The molecular weight excluding hydrogens is 388 g/mol. The minimum absolute atomic E-state index is 0.0278. The molecule has 0 saturated carbocycles. The van der Waals surface area contributed by atoms with Crippen molar-refractivity contribution in [2.45, 2.75) is 52.0 Å². The molecule has 0 spiro atoms. The third-order valence-electron chi connectivity index (χ3n) is 6.15. The first kappa shape index (κ1) is 21.1. The third-order valence-corrected chi connectivity index (χ3v) is 6.15. The predicted octanol–water partition coefficient (Wildman–Crippen LogP) is 4.11. The summed E-state index contributed by atoms with van der Waals surface area (Å²) in [5.41, 5.74) is 5.05. The van der Waals surface area contributed by atoms with Gasteiger partial charge in [0.15, 0.2) is 0 Å². The largest absolute Gasteiger partial charge is 0.358 e. The van der Waals surface area contributed by atoms with Crippen molar-refractivity contribution >= 4 is 22.7 Å². The van der Waals surface area contributed by atoms with Gasteiger partial charge in [0.2, 0.25) is 0 Å². The molecule has 3 aromatic rings. The number of aromatic amines is 1. The highest BCUT2D eigenvalue weighted by Gasteiger charge is 2.25. The Hall–Kier alpha value is -3.15. The molecule has 1 aliphatic rings. The molecule has 31 heavy (non-hydrogen) atoms. The van der Waals surface area contributed by atoms with Gasteiger partial charge in [-0.25, -0.2) is 0 Å². The van der Waals surface area contributed by atoms with Crippen LogP contribution in [0, 0.1) is 0 Å². The Morgan fingerprint density at radius 2 is 1.84 bits per heavy atom. The van der Waals surface area contributed by atoms with E-state index >= 15 is 0 Å². The van der Waals surface area contributed by atoms with Gasteiger partial charge in [-0.05, 0) is 61.6 Å². The first-order chi connectivity index (χ1) is 15.1. The van der Waals surface area contributed by atoms with Gasteiger partial charge in [-0.15, -0.1) is 0 Å². The number of pyridine rings is 1. The Labute approximate surface area is 183 Å². The molecule has 6 nitrogen and oxygen atoms in total. The van der Waals surface area contributed by atoms with Crippen LogP contribution in [0.4, 0.5) is 0 Å². The summed E-state index contributed by atoms with van der Waals surface area (Å²) in [6, 6.07) is 9.48. The number of aryl methyl sites for hydroxylation is 2. The van der Waals surface area contributed by atoms with Gasteiger partial charge < -0.3 is 15.2 Å². The number of piperidine rings is 1. The van der Waals surface area contributed by atoms with Crippen molar-refractivity contribution in [3.8, 4) is 0 Å². The topological polar surface area (TPSA) is 78.1 Å².